The van der Waals surface area contributed by atoms with Gasteiger partial charge in [0.1, 0.15) is 0 Å². The lowest BCUT2D eigenvalue weighted by Crippen LogP contribution is -2.59. The van der Waals surface area contributed by atoms with E-state index in [9.17, 15) is 0 Å². The maximum Gasteiger partial charge on any atom is 0.0221 e. The molecular formula is C17H34N2. The van der Waals surface area contributed by atoms with E-state index >= 15 is 0 Å². The Labute approximate surface area is 120 Å². The molecule has 1 saturated carbocycles. The Hall–Kier alpha value is -0.0800. The van der Waals surface area contributed by atoms with Crippen molar-refractivity contribution in [3.8, 4) is 0 Å². The van der Waals surface area contributed by atoms with Crippen molar-refractivity contribution in [3.63, 3.8) is 0 Å². The summed E-state index contributed by atoms with van der Waals surface area (Å²) in [4.78, 5) is 2.87. The summed E-state index contributed by atoms with van der Waals surface area (Å²) in [5, 5.41) is 3.73. The van der Waals surface area contributed by atoms with Gasteiger partial charge in [0.25, 0.3) is 0 Å². The predicted molar refractivity (Wildman–Crippen MR) is 83.5 cm³/mol. The molecule has 0 radical (unpaired) electrons. The fourth-order valence-electron chi connectivity index (χ4n) is 4.16. The largest absolute Gasteiger partial charge is 0.311 e. The molecule has 112 valence electrons. The second-order valence-corrected chi connectivity index (χ2v) is 6.74. The Morgan fingerprint density at radius 1 is 1.00 bits per heavy atom. The Morgan fingerprint density at radius 2 is 1.74 bits per heavy atom. The van der Waals surface area contributed by atoms with Crippen molar-refractivity contribution in [2.24, 2.45) is 5.92 Å². The number of rotatable bonds is 5. The zero-order chi connectivity index (χ0) is 13.7. The first-order chi connectivity index (χ1) is 9.28. The van der Waals surface area contributed by atoms with Crippen LogP contribution in [0.3, 0.4) is 0 Å². The van der Waals surface area contributed by atoms with Crippen LogP contribution in [-0.4, -0.2) is 36.1 Å². The van der Waals surface area contributed by atoms with E-state index < -0.39 is 0 Å². The fourth-order valence-corrected chi connectivity index (χ4v) is 4.16. The van der Waals surface area contributed by atoms with E-state index in [-0.39, 0.29) is 0 Å². The maximum atomic E-state index is 3.73. The highest BCUT2D eigenvalue weighted by atomic mass is 15.3. The zero-order valence-electron chi connectivity index (χ0n) is 13.3. The second kappa shape index (κ2) is 7.64. The lowest BCUT2D eigenvalue weighted by Gasteiger charge is -2.46. The molecule has 1 saturated heterocycles. The second-order valence-electron chi connectivity index (χ2n) is 6.74. The smallest absolute Gasteiger partial charge is 0.0221 e. The van der Waals surface area contributed by atoms with E-state index in [0.29, 0.717) is 0 Å². The third-order valence-corrected chi connectivity index (χ3v) is 5.49. The fraction of sp³-hybridized carbons (Fsp3) is 1.00. The first-order valence-corrected chi connectivity index (χ1v) is 8.77. The van der Waals surface area contributed by atoms with E-state index in [4.69, 9.17) is 0 Å². The van der Waals surface area contributed by atoms with Crippen molar-refractivity contribution in [2.75, 3.05) is 13.1 Å². The summed E-state index contributed by atoms with van der Waals surface area (Å²) in [7, 11) is 0. The van der Waals surface area contributed by atoms with Crippen molar-refractivity contribution >= 4 is 0 Å². The van der Waals surface area contributed by atoms with Gasteiger partial charge in [0.05, 0.1) is 0 Å². The highest BCUT2D eigenvalue weighted by molar-refractivity contribution is 4.90. The van der Waals surface area contributed by atoms with Gasteiger partial charge in [0.15, 0.2) is 0 Å². The number of hydrogen-bond acceptors (Lipinski definition) is 2. The van der Waals surface area contributed by atoms with Crippen LogP contribution in [0.5, 0.6) is 0 Å². The quantitative estimate of drug-likeness (QED) is 0.814. The number of piperazine rings is 1. The molecule has 0 aromatic heterocycles. The number of hydrogen-bond donors (Lipinski definition) is 1. The average molecular weight is 266 g/mol. The summed E-state index contributed by atoms with van der Waals surface area (Å²) in [5.41, 5.74) is 0. The highest BCUT2D eigenvalue weighted by Crippen LogP contribution is 2.32. The summed E-state index contributed by atoms with van der Waals surface area (Å²) in [6.45, 7) is 9.51. The molecule has 2 nitrogen and oxygen atoms in total. The molecule has 2 fully saturated rings. The number of nitrogens with zero attached hydrogens (tertiary/aromatic N) is 1. The minimum Gasteiger partial charge on any atom is -0.311 e. The normalized spacial score (nSPS) is 37.4. The summed E-state index contributed by atoms with van der Waals surface area (Å²) in [6.07, 6.45) is 11.3. The predicted octanol–water partition coefficient (Wildman–Crippen LogP) is 3.81. The van der Waals surface area contributed by atoms with Crippen LogP contribution >= 0.6 is 0 Å². The SMILES string of the molecule is CCCC1CCC(N2CC(CC)NCC2CC)CC1. The molecule has 0 aromatic rings. The molecular weight excluding hydrogens is 232 g/mol. The van der Waals surface area contributed by atoms with Crippen molar-refractivity contribution < 1.29 is 0 Å². The van der Waals surface area contributed by atoms with Gasteiger partial charge >= 0.3 is 0 Å². The minimum absolute atomic E-state index is 0.733. The Balaban J connectivity index is 1.88. The molecule has 1 N–H and O–H groups in total. The standard InChI is InChI=1S/C17H34N2/c1-4-7-14-8-10-17(11-9-14)19-13-15(5-2)18-12-16(19)6-3/h14-18H,4-13H2,1-3H3. The van der Waals surface area contributed by atoms with Gasteiger partial charge in [0.2, 0.25) is 0 Å². The summed E-state index contributed by atoms with van der Waals surface area (Å²) in [5.74, 6) is 1.03. The lowest BCUT2D eigenvalue weighted by molar-refractivity contribution is 0.0494. The van der Waals surface area contributed by atoms with E-state index in [1.807, 2.05) is 0 Å². The van der Waals surface area contributed by atoms with Crippen molar-refractivity contribution in [3.05, 3.63) is 0 Å². The lowest BCUT2D eigenvalue weighted by atomic mass is 9.82. The van der Waals surface area contributed by atoms with Crippen LogP contribution in [-0.2, 0) is 0 Å². The average Bonchev–Trinajstić information content (AvgIpc) is 2.47. The van der Waals surface area contributed by atoms with Crippen LogP contribution in [0.25, 0.3) is 0 Å². The molecule has 0 bridgehead atoms. The molecule has 1 aliphatic heterocycles. The Kier molecular flexibility index (Phi) is 6.15. The molecule has 2 rings (SSSR count). The van der Waals surface area contributed by atoms with Crippen LogP contribution in [0.15, 0.2) is 0 Å². The molecule has 19 heavy (non-hydrogen) atoms. The van der Waals surface area contributed by atoms with Gasteiger partial charge in [-0.05, 0) is 44.4 Å². The highest BCUT2D eigenvalue weighted by Gasteiger charge is 2.33. The minimum atomic E-state index is 0.733. The van der Waals surface area contributed by atoms with Gasteiger partial charge in [0, 0.05) is 31.2 Å². The van der Waals surface area contributed by atoms with Crippen LogP contribution in [0.2, 0.25) is 0 Å². The first kappa shape index (κ1) is 15.3. The molecule has 0 amide bonds. The van der Waals surface area contributed by atoms with Gasteiger partial charge in [-0.15, -0.1) is 0 Å². The van der Waals surface area contributed by atoms with E-state index in [1.54, 1.807) is 0 Å². The molecule has 2 unspecified atom stereocenters. The van der Waals surface area contributed by atoms with Gasteiger partial charge in [-0.2, -0.15) is 0 Å². The summed E-state index contributed by atoms with van der Waals surface area (Å²) >= 11 is 0. The molecule has 0 spiro atoms. The van der Waals surface area contributed by atoms with E-state index in [1.165, 1.54) is 64.5 Å². The van der Waals surface area contributed by atoms with E-state index in [0.717, 1.165) is 24.0 Å². The van der Waals surface area contributed by atoms with Crippen molar-refractivity contribution in [1.82, 2.24) is 10.2 Å². The summed E-state index contributed by atoms with van der Waals surface area (Å²) < 4.78 is 0. The maximum absolute atomic E-state index is 3.73. The third-order valence-electron chi connectivity index (χ3n) is 5.49. The van der Waals surface area contributed by atoms with Crippen LogP contribution < -0.4 is 5.32 Å². The zero-order valence-corrected chi connectivity index (χ0v) is 13.3. The Bertz CT molecular complexity index is 246. The Morgan fingerprint density at radius 3 is 2.32 bits per heavy atom. The van der Waals surface area contributed by atoms with Crippen molar-refractivity contribution in [2.45, 2.75) is 90.3 Å². The topological polar surface area (TPSA) is 15.3 Å². The van der Waals surface area contributed by atoms with Crippen molar-refractivity contribution in [1.29, 1.82) is 0 Å². The number of nitrogens with one attached hydrogen (secondary N) is 1. The van der Waals surface area contributed by atoms with Gasteiger partial charge in [-0.25, -0.2) is 0 Å². The molecule has 0 aromatic carbocycles. The third kappa shape index (κ3) is 3.95. The summed E-state index contributed by atoms with van der Waals surface area (Å²) in [6, 6.07) is 2.40. The molecule has 1 heterocycles. The monoisotopic (exact) mass is 266 g/mol. The van der Waals surface area contributed by atoms with Gasteiger partial charge in [-0.3, -0.25) is 4.90 Å². The molecule has 2 heteroatoms. The van der Waals surface area contributed by atoms with Gasteiger partial charge in [-0.1, -0.05) is 33.6 Å². The van der Waals surface area contributed by atoms with Crippen LogP contribution in [0.1, 0.15) is 72.1 Å². The van der Waals surface area contributed by atoms with Crippen LogP contribution in [0.4, 0.5) is 0 Å². The molecule has 1 aliphatic carbocycles. The molecule has 2 aliphatic rings. The van der Waals surface area contributed by atoms with Crippen LogP contribution in [0, 0.1) is 5.92 Å². The van der Waals surface area contributed by atoms with E-state index in [2.05, 4.69) is 31.0 Å². The first-order valence-electron chi connectivity index (χ1n) is 8.77. The van der Waals surface area contributed by atoms with Gasteiger partial charge < -0.3 is 5.32 Å². The molecule has 2 atom stereocenters.